The average molecular weight is 351 g/mol. The van der Waals surface area contributed by atoms with Crippen LogP contribution < -0.4 is 10.0 Å². The maximum atomic E-state index is 13.0. The Morgan fingerprint density at radius 3 is 2.26 bits per heavy atom. The molecule has 9 heteroatoms. The van der Waals surface area contributed by atoms with Crippen LogP contribution in [0.15, 0.2) is 12.1 Å². The van der Waals surface area contributed by atoms with Crippen LogP contribution in [-0.4, -0.2) is 19.8 Å². The average Bonchev–Trinajstić information content (AvgIpc) is 2.35. The van der Waals surface area contributed by atoms with Gasteiger partial charge in [-0.2, -0.15) is 13.2 Å². The van der Waals surface area contributed by atoms with Crippen molar-refractivity contribution in [2.24, 2.45) is 0 Å². The third-order valence-electron chi connectivity index (χ3n) is 2.76. The number of rotatable bonds is 4. The molecule has 0 fully saturated rings. The molecule has 5 nitrogen and oxygen atoms in total. The molecule has 23 heavy (non-hydrogen) atoms. The number of carbonyl (C=O) groups is 1. The van der Waals surface area contributed by atoms with Crippen LogP contribution >= 0.6 is 0 Å². The lowest BCUT2D eigenvalue weighted by Crippen LogP contribution is -2.35. The molecule has 0 aromatic carbocycles. The Kier molecular flexibility index (Phi) is 5.92. The molecule has 1 rings (SSSR count). The number of halogens is 3. The van der Waals surface area contributed by atoms with Gasteiger partial charge in [0.15, 0.2) is 0 Å². The first kappa shape index (κ1) is 19.6. The number of alkyl halides is 3. The minimum absolute atomic E-state index is 0.0428. The lowest BCUT2D eigenvalue weighted by atomic mass is 10.1. The molecule has 0 radical (unpaired) electrons. The minimum atomic E-state index is -4.58. The Labute approximate surface area is 135 Å². The van der Waals surface area contributed by atoms with Gasteiger partial charge in [0, 0.05) is 6.92 Å². The highest BCUT2D eigenvalue weighted by molar-refractivity contribution is 7.84. The maximum absolute atomic E-state index is 13.0. The summed E-state index contributed by atoms with van der Waals surface area (Å²) in [7, 11) is -1.47. The number of nitrogens with one attached hydrogen (secondary N) is 2. The molecule has 0 saturated heterocycles. The van der Waals surface area contributed by atoms with E-state index < -0.39 is 39.4 Å². The van der Waals surface area contributed by atoms with Crippen molar-refractivity contribution in [1.82, 2.24) is 9.71 Å². The van der Waals surface area contributed by atoms with Gasteiger partial charge in [-0.3, -0.25) is 4.79 Å². The summed E-state index contributed by atoms with van der Waals surface area (Å²) < 4.78 is 53.2. The molecule has 2 atom stereocenters. The van der Waals surface area contributed by atoms with Gasteiger partial charge in [-0.25, -0.2) is 13.9 Å². The molecule has 0 saturated carbocycles. The van der Waals surface area contributed by atoms with Gasteiger partial charge in [-0.05, 0) is 39.8 Å². The monoisotopic (exact) mass is 351 g/mol. The Hall–Kier alpha value is -1.48. The lowest BCUT2D eigenvalue weighted by molar-refractivity contribution is -0.137. The van der Waals surface area contributed by atoms with Gasteiger partial charge in [0.1, 0.15) is 5.82 Å². The summed E-state index contributed by atoms with van der Waals surface area (Å²) in [6, 6.07) is 0.950. The zero-order valence-corrected chi connectivity index (χ0v) is 14.4. The van der Waals surface area contributed by atoms with E-state index in [1.807, 2.05) is 0 Å². The predicted octanol–water partition coefficient (Wildman–Crippen LogP) is 3.17. The van der Waals surface area contributed by atoms with Gasteiger partial charge in [-0.15, -0.1) is 0 Å². The molecule has 0 aliphatic rings. The van der Waals surface area contributed by atoms with E-state index in [0.29, 0.717) is 0 Å². The number of amides is 1. The van der Waals surface area contributed by atoms with Gasteiger partial charge in [-0.1, -0.05) is 0 Å². The molecular weight excluding hydrogens is 331 g/mol. The van der Waals surface area contributed by atoms with E-state index in [2.05, 4.69) is 15.0 Å². The number of hydrogen-bond acceptors (Lipinski definition) is 3. The molecule has 130 valence electrons. The van der Waals surface area contributed by atoms with Crippen molar-refractivity contribution in [2.45, 2.75) is 51.6 Å². The molecule has 1 amide bonds. The molecule has 1 aromatic rings. The number of aromatic nitrogens is 1. The van der Waals surface area contributed by atoms with Crippen molar-refractivity contribution in [3.63, 3.8) is 0 Å². The summed E-state index contributed by atoms with van der Waals surface area (Å²) in [4.78, 5) is 15.1. The first-order valence-electron chi connectivity index (χ1n) is 6.85. The topological polar surface area (TPSA) is 71.1 Å². The molecule has 0 aliphatic carbocycles. The summed E-state index contributed by atoms with van der Waals surface area (Å²) in [6.07, 6.45) is -4.58. The first-order valence-corrected chi connectivity index (χ1v) is 8.00. The van der Waals surface area contributed by atoms with Crippen molar-refractivity contribution in [1.29, 1.82) is 0 Å². The van der Waals surface area contributed by atoms with E-state index >= 15 is 0 Å². The van der Waals surface area contributed by atoms with Crippen molar-refractivity contribution in [3.8, 4) is 0 Å². The van der Waals surface area contributed by atoms with Crippen LogP contribution in [0.3, 0.4) is 0 Å². The van der Waals surface area contributed by atoms with Crippen LogP contribution in [0.4, 0.5) is 19.0 Å². The van der Waals surface area contributed by atoms with Gasteiger partial charge < -0.3 is 5.32 Å². The Bertz CT molecular complexity index is 612. The lowest BCUT2D eigenvalue weighted by Gasteiger charge is -2.22. The van der Waals surface area contributed by atoms with E-state index in [-0.39, 0.29) is 11.5 Å². The summed E-state index contributed by atoms with van der Waals surface area (Å²) in [5, 5.41) is 2.24. The van der Waals surface area contributed by atoms with Gasteiger partial charge >= 0.3 is 6.18 Å². The van der Waals surface area contributed by atoms with Crippen molar-refractivity contribution < 1.29 is 22.2 Å². The van der Waals surface area contributed by atoms with E-state index in [1.165, 1.54) is 6.92 Å². The fourth-order valence-electron chi connectivity index (χ4n) is 1.58. The Morgan fingerprint density at radius 1 is 1.26 bits per heavy atom. The van der Waals surface area contributed by atoms with Gasteiger partial charge in [0.05, 0.1) is 33.0 Å². The number of pyridine rings is 1. The summed E-state index contributed by atoms with van der Waals surface area (Å²) in [5.41, 5.74) is -0.886. The zero-order valence-electron chi connectivity index (χ0n) is 13.5. The minimum Gasteiger partial charge on any atom is -0.311 e. The molecule has 0 spiro atoms. The normalized spacial score (nSPS) is 15.1. The van der Waals surface area contributed by atoms with Crippen molar-refractivity contribution in [3.05, 3.63) is 23.4 Å². The number of nitrogens with zero attached hydrogens (tertiary/aromatic N) is 1. The second-order valence-corrected chi connectivity index (χ2v) is 8.06. The molecule has 1 heterocycles. The number of hydrogen-bond donors (Lipinski definition) is 2. The van der Waals surface area contributed by atoms with E-state index in [0.717, 1.165) is 12.1 Å². The molecule has 2 unspecified atom stereocenters. The molecule has 1 aromatic heterocycles. The van der Waals surface area contributed by atoms with E-state index in [1.54, 1.807) is 27.7 Å². The van der Waals surface area contributed by atoms with Crippen molar-refractivity contribution >= 4 is 22.7 Å². The second kappa shape index (κ2) is 6.96. The highest BCUT2D eigenvalue weighted by atomic mass is 32.2. The SMILES string of the molecule is CC(=O)Nc1cc(C(F)(F)F)cc(C(C)NS(=O)C(C)(C)C)n1. The highest BCUT2D eigenvalue weighted by Gasteiger charge is 2.32. The standard InChI is InChI=1S/C14H20F3N3O2S/c1-8(20-23(22)13(3,4)5)11-6-10(14(15,16)17)7-12(19-11)18-9(2)21/h6-8,20H,1-5H3,(H,18,19,21). The Balaban J connectivity index is 3.18. The van der Waals surface area contributed by atoms with Crippen LogP contribution in [0.25, 0.3) is 0 Å². The van der Waals surface area contributed by atoms with E-state index in [9.17, 15) is 22.2 Å². The molecule has 0 bridgehead atoms. The Morgan fingerprint density at radius 2 is 1.83 bits per heavy atom. The fraction of sp³-hybridized carbons (Fsp3) is 0.571. The van der Waals surface area contributed by atoms with Crippen LogP contribution in [0.5, 0.6) is 0 Å². The van der Waals surface area contributed by atoms with Gasteiger partial charge in [0.2, 0.25) is 5.91 Å². The van der Waals surface area contributed by atoms with E-state index in [4.69, 9.17) is 0 Å². The van der Waals surface area contributed by atoms with Crippen LogP contribution in [0, 0.1) is 0 Å². The third-order valence-corrected chi connectivity index (χ3v) is 4.44. The molecule has 0 aliphatic heterocycles. The summed E-state index contributed by atoms with van der Waals surface area (Å²) in [5.74, 6) is -0.723. The maximum Gasteiger partial charge on any atom is 0.416 e. The quantitative estimate of drug-likeness (QED) is 0.875. The van der Waals surface area contributed by atoms with Crippen LogP contribution in [0.2, 0.25) is 0 Å². The zero-order chi connectivity index (χ0) is 18.0. The number of anilines is 1. The second-order valence-electron chi connectivity index (χ2n) is 6.07. The predicted molar refractivity (Wildman–Crippen MR) is 83.0 cm³/mol. The summed E-state index contributed by atoms with van der Waals surface area (Å²) >= 11 is 0. The van der Waals surface area contributed by atoms with Crippen LogP contribution in [0.1, 0.15) is 51.9 Å². The van der Waals surface area contributed by atoms with Crippen LogP contribution in [-0.2, 0) is 22.0 Å². The fourth-order valence-corrected chi connectivity index (χ4v) is 2.37. The first-order chi connectivity index (χ1) is 10.3. The smallest absolute Gasteiger partial charge is 0.311 e. The molecular formula is C14H20F3N3O2S. The van der Waals surface area contributed by atoms with Gasteiger partial charge in [0.25, 0.3) is 0 Å². The molecule has 2 N–H and O–H groups in total. The number of carbonyl (C=O) groups excluding carboxylic acids is 1. The highest BCUT2D eigenvalue weighted by Crippen LogP contribution is 2.32. The summed E-state index contributed by atoms with van der Waals surface area (Å²) in [6.45, 7) is 7.96. The van der Waals surface area contributed by atoms with Crippen molar-refractivity contribution in [2.75, 3.05) is 5.32 Å². The third kappa shape index (κ3) is 5.91. The largest absolute Gasteiger partial charge is 0.416 e.